The Morgan fingerprint density at radius 3 is 2.56 bits per heavy atom. The third-order valence-electron chi connectivity index (χ3n) is 2.91. The highest BCUT2D eigenvalue weighted by atomic mass is 79.9. The van der Waals surface area contributed by atoms with Gasteiger partial charge < -0.3 is 9.88 Å². The number of imidazole rings is 1. The number of hydrogen-bond acceptors (Lipinski definition) is 2. The molecule has 90 valence electrons. The van der Waals surface area contributed by atoms with E-state index < -0.39 is 0 Å². The number of halogens is 1. The van der Waals surface area contributed by atoms with E-state index in [1.54, 1.807) is 0 Å². The van der Waals surface area contributed by atoms with Crippen molar-refractivity contribution in [3.8, 4) is 0 Å². The Bertz CT molecular complexity index is 657. The Morgan fingerprint density at radius 2 is 1.78 bits per heavy atom. The molecule has 3 nitrogen and oxygen atoms in total. The maximum absolute atomic E-state index is 4.58. The molecule has 0 aliphatic carbocycles. The number of anilines is 2. The van der Waals surface area contributed by atoms with E-state index in [1.807, 2.05) is 54.4 Å². The molecule has 3 rings (SSSR count). The van der Waals surface area contributed by atoms with Gasteiger partial charge in [0.2, 0.25) is 5.95 Å². The highest BCUT2D eigenvalue weighted by Gasteiger charge is 2.11. The molecule has 1 heterocycles. The van der Waals surface area contributed by atoms with Gasteiger partial charge in [0.1, 0.15) is 0 Å². The first kappa shape index (κ1) is 11.3. The fourth-order valence-corrected chi connectivity index (χ4v) is 2.49. The predicted octanol–water partition coefficient (Wildman–Crippen LogP) is 4.09. The van der Waals surface area contributed by atoms with Crippen molar-refractivity contribution in [2.45, 2.75) is 0 Å². The van der Waals surface area contributed by atoms with Crippen molar-refractivity contribution >= 4 is 38.6 Å². The molecule has 18 heavy (non-hydrogen) atoms. The van der Waals surface area contributed by atoms with Crippen LogP contribution in [0.15, 0.2) is 53.0 Å². The SMILES string of the molecule is CN(c1nc2ccccc2[nH]1)c1ccccc1Br. The fourth-order valence-electron chi connectivity index (χ4n) is 1.94. The summed E-state index contributed by atoms with van der Waals surface area (Å²) < 4.78 is 1.05. The minimum Gasteiger partial charge on any atom is -0.324 e. The summed E-state index contributed by atoms with van der Waals surface area (Å²) >= 11 is 3.55. The molecule has 1 N–H and O–H groups in total. The molecular formula is C14H12BrN3. The second-order valence-electron chi connectivity index (χ2n) is 4.09. The molecule has 0 unspecified atom stereocenters. The van der Waals surface area contributed by atoms with E-state index in [0.717, 1.165) is 27.1 Å². The monoisotopic (exact) mass is 301 g/mol. The Labute approximate surface area is 114 Å². The van der Waals surface area contributed by atoms with Crippen LogP contribution in [0.25, 0.3) is 11.0 Å². The summed E-state index contributed by atoms with van der Waals surface area (Å²) in [6, 6.07) is 16.1. The minimum absolute atomic E-state index is 0.836. The van der Waals surface area contributed by atoms with Crippen LogP contribution in [0.3, 0.4) is 0 Å². The van der Waals surface area contributed by atoms with Crippen molar-refractivity contribution in [1.82, 2.24) is 9.97 Å². The van der Waals surface area contributed by atoms with Gasteiger partial charge in [-0.2, -0.15) is 0 Å². The number of benzene rings is 2. The maximum atomic E-state index is 4.58. The summed E-state index contributed by atoms with van der Waals surface area (Å²) in [4.78, 5) is 9.93. The Kier molecular flexibility index (Phi) is 2.80. The van der Waals surface area contributed by atoms with Gasteiger partial charge in [-0.3, -0.25) is 0 Å². The topological polar surface area (TPSA) is 31.9 Å². The Morgan fingerprint density at radius 1 is 1.06 bits per heavy atom. The first-order valence-electron chi connectivity index (χ1n) is 5.69. The second-order valence-corrected chi connectivity index (χ2v) is 4.94. The zero-order valence-corrected chi connectivity index (χ0v) is 11.5. The highest BCUT2D eigenvalue weighted by molar-refractivity contribution is 9.10. The van der Waals surface area contributed by atoms with Gasteiger partial charge in [-0.25, -0.2) is 4.98 Å². The average Bonchev–Trinajstić information content (AvgIpc) is 2.82. The number of nitrogens with zero attached hydrogens (tertiary/aromatic N) is 2. The summed E-state index contributed by atoms with van der Waals surface area (Å²) in [5.41, 5.74) is 3.11. The molecule has 0 amide bonds. The number of nitrogens with one attached hydrogen (secondary N) is 1. The largest absolute Gasteiger partial charge is 0.324 e. The van der Waals surface area contributed by atoms with Gasteiger partial charge in [0.05, 0.1) is 16.7 Å². The van der Waals surface area contributed by atoms with Crippen LogP contribution in [0.5, 0.6) is 0 Å². The van der Waals surface area contributed by atoms with Crippen LogP contribution >= 0.6 is 15.9 Å². The van der Waals surface area contributed by atoms with Gasteiger partial charge in [-0.1, -0.05) is 24.3 Å². The smallest absolute Gasteiger partial charge is 0.208 e. The van der Waals surface area contributed by atoms with Gasteiger partial charge in [0.15, 0.2) is 0 Å². The third kappa shape index (κ3) is 1.88. The lowest BCUT2D eigenvalue weighted by Crippen LogP contribution is -2.11. The number of fused-ring (bicyclic) bond motifs is 1. The predicted molar refractivity (Wildman–Crippen MR) is 78.3 cm³/mol. The molecule has 1 aromatic heterocycles. The van der Waals surface area contributed by atoms with Crippen LogP contribution in [0.2, 0.25) is 0 Å². The van der Waals surface area contributed by atoms with Crippen LogP contribution in [0.4, 0.5) is 11.6 Å². The van der Waals surface area contributed by atoms with Crippen LogP contribution in [0, 0.1) is 0 Å². The van der Waals surface area contributed by atoms with Gasteiger partial charge >= 0.3 is 0 Å². The van der Waals surface area contributed by atoms with Crippen LogP contribution in [-0.4, -0.2) is 17.0 Å². The van der Waals surface area contributed by atoms with Crippen molar-refractivity contribution in [3.05, 3.63) is 53.0 Å². The molecule has 0 aliphatic heterocycles. The van der Waals surface area contributed by atoms with E-state index in [4.69, 9.17) is 0 Å². The van der Waals surface area contributed by atoms with Crippen molar-refractivity contribution < 1.29 is 0 Å². The number of H-pyrrole nitrogens is 1. The molecule has 0 radical (unpaired) electrons. The summed E-state index contributed by atoms with van der Waals surface area (Å²) in [7, 11) is 2.00. The number of para-hydroxylation sites is 3. The zero-order chi connectivity index (χ0) is 12.5. The molecular weight excluding hydrogens is 290 g/mol. The van der Waals surface area contributed by atoms with E-state index >= 15 is 0 Å². The van der Waals surface area contributed by atoms with Crippen molar-refractivity contribution in [2.24, 2.45) is 0 Å². The maximum Gasteiger partial charge on any atom is 0.208 e. The van der Waals surface area contributed by atoms with E-state index in [0.29, 0.717) is 0 Å². The van der Waals surface area contributed by atoms with Crippen LogP contribution in [0.1, 0.15) is 0 Å². The summed E-state index contributed by atoms with van der Waals surface area (Å²) in [6.07, 6.45) is 0. The lowest BCUT2D eigenvalue weighted by molar-refractivity contribution is 1.10. The van der Waals surface area contributed by atoms with Crippen LogP contribution < -0.4 is 4.90 Å². The minimum atomic E-state index is 0.836. The van der Waals surface area contributed by atoms with Gasteiger partial charge in [-0.05, 0) is 40.2 Å². The molecule has 0 spiro atoms. The van der Waals surface area contributed by atoms with Gasteiger partial charge in [0, 0.05) is 11.5 Å². The van der Waals surface area contributed by atoms with Crippen molar-refractivity contribution in [2.75, 3.05) is 11.9 Å². The molecule has 4 heteroatoms. The molecule has 2 aromatic carbocycles. The Balaban J connectivity index is 2.07. The standard InChI is InChI=1S/C14H12BrN3/c1-18(13-9-5-2-6-10(13)15)14-16-11-7-3-4-8-12(11)17-14/h2-9H,1H3,(H,16,17). The third-order valence-corrected chi connectivity index (χ3v) is 3.58. The summed E-state index contributed by atoms with van der Waals surface area (Å²) in [6.45, 7) is 0. The van der Waals surface area contributed by atoms with Crippen molar-refractivity contribution in [1.29, 1.82) is 0 Å². The van der Waals surface area contributed by atoms with E-state index in [9.17, 15) is 0 Å². The van der Waals surface area contributed by atoms with Gasteiger partial charge in [-0.15, -0.1) is 0 Å². The van der Waals surface area contributed by atoms with E-state index in [1.165, 1.54) is 0 Å². The highest BCUT2D eigenvalue weighted by Crippen LogP contribution is 2.29. The van der Waals surface area contributed by atoms with E-state index in [2.05, 4.69) is 32.0 Å². The molecule has 3 aromatic rings. The normalized spacial score (nSPS) is 10.8. The number of rotatable bonds is 2. The summed E-state index contributed by atoms with van der Waals surface area (Å²) in [5, 5.41) is 0. The number of aromatic nitrogens is 2. The first-order chi connectivity index (χ1) is 8.75. The zero-order valence-electron chi connectivity index (χ0n) is 9.89. The number of aromatic amines is 1. The molecule has 0 atom stereocenters. The lowest BCUT2D eigenvalue weighted by atomic mass is 10.3. The second kappa shape index (κ2) is 4.46. The molecule has 0 fully saturated rings. The molecule has 0 aliphatic rings. The van der Waals surface area contributed by atoms with Crippen molar-refractivity contribution in [3.63, 3.8) is 0 Å². The molecule has 0 bridgehead atoms. The molecule has 0 saturated carbocycles. The first-order valence-corrected chi connectivity index (χ1v) is 6.48. The fraction of sp³-hybridized carbons (Fsp3) is 0.0714. The van der Waals surface area contributed by atoms with Crippen LogP contribution in [-0.2, 0) is 0 Å². The quantitative estimate of drug-likeness (QED) is 0.773. The van der Waals surface area contributed by atoms with E-state index in [-0.39, 0.29) is 0 Å². The lowest BCUT2D eigenvalue weighted by Gasteiger charge is -2.17. The molecule has 0 saturated heterocycles. The average molecular weight is 302 g/mol. The van der Waals surface area contributed by atoms with Gasteiger partial charge in [0.25, 0.3) is 0 Å². The Hall–Kier alpha value is -1.81. The number of hydrogen-bond donors (Lipinski definition) is 1. The summed E-state index contributed by atoms with van der Waals surface area (Å²) in [5.74, 6) is 0.836.